The van der Waals surface area contributed by atoms with Gasteiger partial charge in [0.05, 0.1) is 10.6 Å². The number of nitrogens with one attached hydrogen (secondary N) is 2. The van der Waals surface area contributed by atoms with Gasteiger partial charge in [-0.3, -0.25) is 0 Å². The summed E-state index contributed by atoms with van der Waals surface area (Å²) in [6.07, 6.45) is 9.28. The quantitative estimate of drug-likeness (QED) is 0.297. The van der Waals surface area contributed by atoms with Crippen LogP contribution in [0.4, 0.5) is 9.18 Å². The topological polar surface area (TPSA) is 73.8 Å². The first-order chi connectivity index (χ1) is 17.8. The van der Waals surface area contributed by atoms with Crippen LogP contribution in [0.3, 0.4) is 0 Å². The summed E-state index contributed by atoms with van der Waals surface area (Å²) in [6, 6.07) is 4.78. The van der Waals surface area contributed by atoms with E-state index in [1.165, 1.54) is 31.7 Å². The molecule has 2 aliphatic rings. The normalized spacial score (nSPS) is 24.9. The number of piperidine rings is 1. The van der Waals surface area contributed by atoms with Crippen molar-refractivity contribution < 1.29 is 19.0 Å². The molecule has 0 spiro atoms. The average Bonchev–Trinajstić information content (AvgIpc) is 2.89. The summed E-state index contributed by atoms with van der Waals surface area (Å²) < 4.78 is 20.3. The highest BCUT2D eigenvalue weighted by molar-refractivity contribution is 6.30. The molecule has 0 bridgehead atoms. The monoisotopic (exact) mass is 539 g/mol. The van der Waals surface area contributed by atoms with Gasteiger partial charge < -0.3 is 25.4 Å². The summed E-state index contributed by atoms with van der Waals surface area (Å²) in [4.78, 5) is 15.2. The van der Waals surface area contributed by atoms with E-state index in [4.69, 9.17) is 16.3 Å². The van der Waals surface area contributed by atoms with Crippen LogP contribution in [-0.2, 0) is 10.3 Å². The Morgan fingerprint density at radius 3 is 2.73 bits per heavy atom. The van der Waals surface area contributed by atoms with Gasteiger partial charge in [0, 0.05) is 50.9 Å². The average molecular weight is 540 g/mol. The molecule has 0 radical (unpaired) electrons. The Morgan fingerprint density at radius 1 is 1.27 bits per heavy atom. The number of hydrogen-bond donors (Lipinski definition) is 3. The van der Waals surface area contributed by atoms with Crippen LogP contribution in [0.1, 0.15) is 76.7 Å². The summed E-state index contributed by atoms with van der Waals surface area (Å²) in [6.45, 7) is 4.65. The summed E-state index contributed by atoms with van der Waals surface area (Å²) in [5, 5.41) is 18.5. The SMILES string of the molecule is CNC[C@H](CC1CCC(C)CC1)NC(=O)N1CCC[C@@H]([C@@](O)(CCCCOC)c2cccc(Cl)c2F)C1. The molecule has 1 aliphatic heterocycles. The van der Waals surface area contributed by atoms with Crippen LogP contribution in [0.25, 0.3) is 0 Å². The zero-order valence-electron chi connectivity index (χ0n) is 22.9. The lowest BCUT2D eigenvalue weighted by Gasteiger charge is -2.43. The predicted octanol–water partition coefficient (Wildman–Crippen LogP) is 5.71. The zero-order valence-corrected chi connectivity index (χ0v) is 23.7. The molecule has 2 amide bonds. The molecule has 1 heterocycles. The molecule has 1 saturated heterocycles. The fourth-order valence-corrected chi connectivity index (χ4v) is 6.44. The largest absolute Gasteiger partial charge is 0.385 e. The van der Waals surface area contributed by atoms with Crippen molar-refractivity contribution in [2.45, 2.75) is 82.8 Å². The molecule has 8 heteroatoms. The first kappa shape index (κ1) is 30.1. The Labute approximate surface area is 227 Å². The van der Waals surface area contributed by atoms with Crippen LogP contribution >= 0.6 is 11.6 Å². The Hall–Kier alpha value is -1.41. The van der Waals surface area contributed by atoms with E-state index in [-0.39, 0.29) is 28.6 Å². The van der Waals surface area contributed by atoms with Gasteiger partial charge in [0.2, 0.25) is 0 Å². The number of likely N-dealkylation sites (N-methyl/N-ethyl adjacent to an activating group) is 1. The van der Waals surface area contributed by atoms with Crippen molar-refractivity contribution in [3.63, 3.8) is 0 Å². The molecule has 3 N–H and O–H groups in total. The number of benzene rings is 1. The van der Waals surface area contributed by atoms with Gasteiger partial charge in [-0.25, -0.2) is 9.18 Å². The number of nitrogens with zero attached hydrogens (tertiary/aromatic N) is 1. The molecular weight excluding hydrogens is 493 g/mol. The highest BCUT2D eigenvalue weighted by Gasteiger charge is 2.43. The molecule has 6 nitrogen and oxygen atoms in total. The highest BCUT2D eigenvalue weighted by atomic mass is 35.5. The summed E-state index contributed by atoms with van der Waals surface area (Å²) in [7, 11) is 3.57. The van der Waals surface area contributed by atoms with Gasteiger partial charge in [0.1, 0.15) is 5.82 Å². The second-order valence-corrected chi connectivity index (χ2v) is 11.7. The van der Waals surface area contributed by atoms with E-state index in [1.54, 1.807) is 19.2 Å². The lowest BCUT2D eigenvalue weighted by Crippen LogP contribution is -2.54. The van der Waals surface area contributed by atoms with Crippen molar-refractivity contribution in [1.82, 2.24) is 15.5 Å². The minimum Gasteiger partial charge on any atom is -0.385 e. The van der Waals surface area contributed by atoms with Gasteiger partial charge in [0.25, 0.3) is 0 Å². The lowest BCUT2D eigenvalue weighted by molar-refractivity contribution is -0.0587. The van der Waals surface area contributed by atoms with Crippen LogP contribution in [0, 0.1) is 23.6 Å². The molecular formula is C29H47ClFN3O3. The maximum atomic E-state index is 15.2. The Morgan fingerprint density at radius 2 is 2.03 bits per heavy atom. The third kappa shape index (κ3) is 8.29. The molecule has 1 aromatic rings. The van der Waals surface area contributed by atoms with Crippen molar-refractivity contribution in [3.05, 3.63) is 34.6 Å². The van der Waals surface area contributed by atoms with Gasteiger partial charge in [0.15, 0.2) is 0 Å². The Bertz CT molecular complexity index is 852. The number of amides is 2. The minimum absolute atomic E-state index is 0.00485. The third-order valence-corrected chi connectivity index (χ3v) is 8.78. The van der Waals surface area contributed by atoms with E-state index >= 15 is 4.39 Å². The van der Waals surface area contributed by atoms with E-state index in [1.807, 2.05) is 11.9 Å². The molecule has 0 aromatic heterocycles. The van der Waals surface area contributed by atoms with Crippen LogP contribution in [0.15, 0.2) is 18.2 Å². The molecule has 2 fully saturated rings. The molecule has 3 atom stereocenters. The summed E-state index contributed by atoms with van der Waals surface area (Å²) in [5.74, 6) is 0.587. The van der Waals surface area contributed by atoms with E-state index in [9.17, 15) is 9.90 Å². The van der Waals surface area contributed by atoms with E-state index in [0.717, 1.165) is 38.1 Å². The van der Waals surface area contributed by atoms with Gasteiger partial charge in [-0.2, -0.15) is 0 Å². The number of likely N-dealkylation sites (tertiary alicyclic amines) is 1. The molecule has 0 unspecified atom stereocenters. The second-order valence-electron chi connectivity index (χ2n) is 11.3. The minimum atomic E-state index is -1.41. The maximum absolute atomic E-state index is 15.2. The van der Waals surface area contributed by atoms with Crippen LogP contribution < -0.4 is 10.6 Å². The standard InChI is InChI=1S/C29H47ClFN3O3/c1-21-11-13-22(14-12-21)18-24(19-32-2)33-28(35)34-16-7-8-23(20-34)29(36,15-4-5-17-37-3)25-9-6-10-26(30)27(25)31/h6,9-10,21-24,32,36H,4-5,7-8,11-20H2,1-3H3,(H,33,35)/t21?,22?,23-,24+,29+/m1/s1. The number of carbonyl (C=O) groups excluding carboxylic acids is 1. The Balaban J connectivity index is 1.70. The van der Waals surface area contributed by atoms with Crippen LogP contribution in [0.5, 0.6) is 0 Å². The number of hydrogen-bond acceptors (Lipinski definition) is 4. The predicted molar refractivity (Wildman–Crippen MR) is 147 cm³/mol. The molecule has 1 aliphatic carbocycles. The highest BCUT2D eigenvalue weighted by Crippen LogP contribution is 2.42. The molecule has 3 rings (SSSR count). The number of methoxy groups -OCH3 is 1. The number of carbonyl (C=O) groups is 1. The van der Waals surface area contributed by atoms with Crippen LogP contribution in [0.2, 0.25) is 5.02 Å². The number of aliphatic hydroxyl groups is 1. The molecule has 37 heavy (non-hydrogen) atoms. The number of ether oxygens (including phenoxy) is 1. The summed E-state index contributed by atoms with van der Waals surface area (Å²) >= 11 is 6.11. The van der Waals surface area contributed by atoms with Crippen molar-refractivity contribution in [3.8, 4) is 0 Å². The first-order valence-corrected chi connectivity index (χ1v) is 14.5. The lowest BCUT2D eigenvalue weighted by atomic mass is 9.74. The van der Waals surface area contributed by atoms with Crippen molar-refractivity contribution in [2.75, 3.05) is 40.4 Å². The summed E-state index contributed by atoms with van der Waals surface area (Å²) in [5.41, 5.74) is -1.19. The first-order valence-electron chi connectivity index (χ1n) is 14.1. The van der Waals surface area contributed by atoms with Crippen molar-refractivity contribution in [1.29, 1.82) is 0 Å². The number of rotatable bonds is 12. The number of unbranched alkanes of at least 4 members (excludes halogenated alkanes) is 1. The van der Waals surface area contributed by atoms with Crippen LogP contribution in [-0.4, -0.2) is 62.5 Å². The van der Waals surface area contributed by atoms with Crippen molar-refractivity contribution in [2.24, 2.45) is 17.8 Å². The number of urea groups is 1. The smallest absolute Gasteiger partial charge is 0.317 e. The molecule has 1 aromatic carbocycles. The fraction of sp³-hybridized carbons (Fsp3) is 0.759. The van der Waals surface area contributed by atoms with E-state index in [2.05, 4.69) is 17.6 Å². The van der Waals surface area contributed by atoms with Gasteiger partial charge >= 0.3 is 6.03 Å². The van der Waals surface area contributed by atoms with Gasteiger partial charge in [-0.15, -0.1) is 0 Å². The van der Waals surface area contributed by atoms with E-state index in [0.29, 0.717) is 38.5 Å². The van der Waals surface area contributed by atoms with Gasteiger partial charge in [-0.1, -0.05) is 56.3 Å². The molecule has 1 saturated carbocycles. The second kappa shape index (κ2) is 14.7. The third-order valence-electron chi connectivity index (χ3n) is 8.49. The molecule has 210 valence electrons. The van der Waals surface area contributed by atoms with E-state index < -0.39 is 11.4 Å². The number of halogens is 2. The zero-order chi connectivity index (χ0) is 26.8. The van der Waals surface area contributed by atoms with Gasteiger partial charge in [-0.05, 0) is 63.5 Å². The Kier molecular flexibility index (Phi) is 11.9. The van der Waals surface area contributed by atoms with Crippen molar-refractivity contribution >= 4 is 17.6 Å². The maximum Gasteiger partial charge on any atom is 0.317 e. The fourth-order valence-electron chi connectivity index (χ4n) is 6.26.